The first kappa shape index (κ1) is 19.8. The fourth-order valence-electron chi connectivity index (χ4n) is 3.27. The van der Waals surface area contributed by atoms with Crippen molar-refractivity contribution in [1.29, 1.82) is 0 Å². The summed E-state index contributed by atoms with van der Waals surface area (Å²) in [6.07, 6.45) is -1.13. The smallest absolute Gasteiger partial charge is 0.345 e. The number of benzene rings is 1. The van der Waals surface area contributed by atoms with Gasteiger partial charge in [-0.1, -0.05) is 0 Å². The number of halogens is 4. The molecule has 1 fully saturated rings. The van der Waals surface area contributed by atoms with Gasteiger partial charge in [-0.15, -0.1) is 0 Å². The molecule has 0 saturated heterocycles. The highest BCUT2D eigenvalue weighted by atomic mass is 79.9. The summed E-state index contributed by atoms with van der Waals surface area (Å²) in [6, 6.07) is 8.02. The number of hydrogen-bond acceptors (Lipinski definition) is 3. The quantitative estimate of drug-likeness (QED) is 0.553. The number of carbonyl (C=O) groups excluding carboxylic acids is 1. The zero-order chi connectivity index (χ0) is 20.8. The van der Waals surface area contributed by atoms with Gasteiger partial charge in [-0.25, -0.2) is 4.98 Å². The lowest BCUT2D eigenvalue weighted by Gasteiger charge is -2.15. The first-order valence-corrected chi connectivity index (χ1v) is 9.93. The van der Waals surface area contributed by atoms with Crippen molar-refractivity contribution in [2.24, 2.45) is 0 Å². The molecule has 0 bridgehead atoms. The molecule has 2 heterocycles. The van der Waals surface area contributed by atoms with Gasteiger partial charge in [0.1, 0.15) is 5.69 Å². The Balaban J connectivity index is 1.69. The molecule has 0 atom stereocenters. The molecule has 29 heavy (non-hydrogen) atoms. The van der Waals surface area contributed by atoms with Gasteiger partial charge in [-0.3, -0.25) is 9.78 Å². The molecule has 0 aliphatic heterocycles. The average molecular weight is 464 g/mol. The maximum atomic E-state index is 13.7. The second-order valence-electron chi connectivity index (χ2n) is 7.21. The highest BCUT2D eigenvalue weighted by Gasteiger charge is 2.36. The molecule has 1 N–H and O–H groups in total. The van der Waals surface area contributed by atoms with Crippen molar-refractivity contribution in [2.75, 3.05) is 0 Å². The van der Waals surface area contributed by atoms with E-state index in [-0.39, 0.29) is 23.7 Å². The Morgan fingerprint density at radius 3 is 2.62 bits per heavy atom. The Kier molecular flexibility index (Phi) is 5.06. The van der Waals surface area contributed by atoms with Crippen LogP contribution in [0.1, 0.15) is 51.6 Å². The van der Waals surface area contributed by atoms with E-state index in [0.717, 1.165) is 17.3 Å². The average Bonchev–Trinajstić information content (AvgIpc) is 3.51. The Bertz CT molecular complexity index is 1090. The molecule has 150 valence electrons. The number of hydrogen-bond donors (Lipinski definition) is 1. The predicted molar refractivity (Wildman–Crippen MR) is 107 cm³/mol. The predicted octanol–water partition coefficient (Wildman–Crippen LogP) is 5.53. The Hall–Kier alpha value is -2.48. The van der Waals surface area contributed by atoms with Gasteiger partial charge in [0.15, 0.2) is 0 Å². The van der Waals surface area contributed by atoms with Crippen LogP contribution >= 0.6 is 15.9 Å². The van der Waals surface area contributed by atoms with E-state index >= 15 is 0 Å². The molecule has 1 aromatic carbocycles. The fraction of sp³-hybridized carbons (Fsp3) is 0.286. The zero-order valence-electron chi connectivity index (χ0n) is 15.5. The monoisotopic (exact) mass is 463 g/mol. The van der Waals surface area contributed by atoms with Gasteiger partial charge in [-0.2, -0.15) is 13.2 Å². The summed E-state index contributed by atoms with van der Waals surface area (Å²) in [5, 5.41) is 3.10. The third kappa shape index (κ3) is 4.27. The van der Waals surface area contributed by atoms with Gasteiger partial charge in [0.05, 0.1) is 23.3 Å². The van der Waals surface area contributed by atoms with Gasteiger partial charge in [-0.05, 0) is 83.1 Å². The zero-order valence-corrected chi connectivity index (χ0v) is 17.1. The molecule has 0 spiro atoms. The molecule has 1 amide bonds. The lowest BCUT2D eigenvalue weighted by atomic mass is 9.98. The number of alkyl halides is 3. The minimum absolute atomic E-state index is 0.0446. The summed E-state index contributed by atoms with van der Waals surface area (Å²) in [5.41, 5.74) is 0.891. The van der Waals surface area contributed by atoms with Crippen molar-refractivity contribution >= 4 is 32.7 Å². The van der Waals surface area contributed by atoms with E-state index in [1.807, 2.05) is 0 Å². The molecule has 0 radical (unpaired) electrons. The lowest BCUT2D eigenvalue weighted by Crippen LogP contribution is -2.24. The molecular weight excluding hydrogens is 447 g/mol. The van der Waals surface area contributed by atoms with Gasteiger partial charge >= 0.3 is 6.18 Å². The van der Waals surface area contributed by atoms with Crippen LogP contribution in [-0.4, -0.2) is 15.9 Å². The Morgan fingerprint density at radius 2 is 2.00 bits per heavy atom. The standard InChI is InChI=1S/C21H17BrF3N3O/c1-11-6-18(20(29)27-10-15-5-4-14(22)9-26-15)28-19-16(11)7-13(12-2-3-12)8-17(19)21(23,24)25/h4-9,12H,2-3,10H2,1H3,(H,27,29). The van der Waals surface area contributed by atoms with Crippen molar-refractivity contribution in [1.82, 2.24) is 15.3 Å². The molecule has 2 aromatic heterocycles. The molecular formula is C21H17BrF3N3O. The fourth-order valence-corrected chi connectivity index (χ4v) is 3.51. The number of aryl methyl sites for hydroxylation is 1. The summed E-state index contributed by atoms with van der Waals surface area (Å²) in [5.74, 6) is -0.361. The van der Waals surface area contributed by atoms with Crippen LogP contribution < -0.4 is 5.32 Å². The molecule has 4 nitrogen and oxygen atoms in total. The van der Waals surface area contributed by atoms with E-state index in [1.165, 1.54) is 12.1 Å². The van der Waals surface area contributed by atoms with Crippen LogP contribution in [0.25, 0.3) is 10.9 Å². The second-order valence-corrected chi connectivity index (χ2v) is 8.13. The number of nitrogens with zero attached hydrogens (tertiary/aromatic N) is 2. The number of nitrogens with one attached hydrogen (secondary N) is 1. The molecule has 4 rings (SSSR count). The van der Waals surface area contributed by atoms with Crippen molar-refractivity contribution in [3.63, 3.8) is 0 Å². The third-order valence-corrected chi connectivity index (χ3v) is 5.42. The Morgan fingerprint density at radius 1 is 1.24 bits per heavy atom. The van der Waals surface area contributed by atoms with Crippen LogP contribution in [0.2, 0.25) is 0 Å². The topological polar surface area (TPSA) is 54.9 Å². The number of carbonyl (C=O) groups is 1. The van der Waals surface area contributed by atoms with Crippen LogP contribution in [-0.2, 0) is 12.7 Å². The van der Waals surface area contributed by atoms with Gasteiger partial charge in [0.25, 0.3) is 5.91 Å². The summed E-state index contributed by atoms with van der Waals surface area (Å²) in [4.78, 5) is 20.8. The highest BCUT2D eigenvalue weighted by molar-refractivity contribution is 9.10. The summed E-state index contributed by atoms with van der Waals surface area (Å²) >= 11 is 3.28. The maximum Gasteiger partial charge on any atom is 0.418 e. The Labute approximate surface area is 173 Å². The summed E-state index contributed by atoms with van der Waals surface area (Å²) < 4.78 is 41.9. The van der Waals surface area contributed by atoms with Crippen LogP contribution in [0.4, 0.5) is 13.2 Å². The van der Waals surface area contributed by atoms with E-state index in [4.69, 9.17) is 0 Å². The molecule has 1 aliphatic carbocycles. The molecule has 1 aliphatic rings. The largest absolute Gasteiger partial charge is 0.418 e. The lowest BCUT2D eigenvalue weighted by molar-refractivity contribution is -0.136. The summed E-state index contributed by atoms with van der Waals surface area (Å²) in [6.45, 7) is 1.85. The second kappa shape index (κ2) is 7.40. The van der Waals surface area contributed by atoms with E-state index in [9.17, 15) is 18.0 Å². The first-order chi connectivity index (χ1) is 13.7. The van der Waals surface area contributed by atoms with Crippen molar-refractivity contribution in [3.8, 4) is 0 Å². The minimum Gasteiger partial charge on any atom is -0.345 e. The molecule has 0 unspecified atom stereocenters. The minimum atomic E-state index is -4.54. The number of fused-ring (bicyclic) bond motifs is 1. The maximum absolute atomic E-state index is 13.7. The van der Waals surface area contributed by atoms with Gasteiger partial charge < -0.3 is 5.32 Å². The third-order valence-electron chi connectivity index (χ3n) is 4.95. The van der Waals surface area contributed by atoms with Crippen molar-refractivity contribution in [2.45, 2.75) is 38.4 Å². The number of aromatic nitrogens is 2. The van der Waals surface area contributed by atoms with Gasteiger partial charge in [0.2, 0.25) is 0 Å². The van der Waals surface area contributed by atoms with E-state index in [2.05, 4.69) is 31.2 Å². The first-order valence-electron chi connectivity index (χ1n) is 9.13. The van der Waals surface area contributed by atoms with Crippen molar-refractivity contribution < 1.29 is 18.0 Å². The van der Waals surface area contributed by atoms with Crippen LogP contribution in [0.5, 0.6) is 0 Å². The number of rotatable bonds is 4. The number of pyridine rings is 2. The highest BCUT2D eigenvalue weighted by Crippen LogP contribution is 2.44. The molecule has 1 saturated carbocycles. The van der Waals surface area contributed by atoms with Gasteiger partial charge in [0, 0.05) is 16.1 Å². The van der Waals surface area contributed by atoms with Crippen LogP contribution in [0, 0.1) is 6.92 Å². The van der Waals surface area contributed by atoms with Crippen LogP contribution in [0.15, 0.2) is 41.0 Å². The van der Waals surface area contributed by atoms with E-state index < -0.39 is 17.6 Å². The summed E-state index contributed by atoms with van der Waals surface area (Å²) in [7, 11) is 0. The van der Waals surface area contributed by atoms with E-state index in [0.29, 0.717) is 22.2 Å². The van der Waals surface area contributed by atoms with Crippen molar-refractivity contribution in [3.05, 3.63) is 69.1 Å². The van der Waals surface area contributed by atoms with Crippen LogP contribution in [0.3, 0.4) is 0 Å². The number of amides is 1. The normalized spacial score (nSPS) is 14.2. The molecule has 3 aromatic rings. The van der Waals surface area contributed by atoms with E-state index in [1.54, 1.807) is 31.3 Å². The SMILES string of the molecule is Cc1cc(C(=O)NCc2ccc(Br)cn2)nc2c(C(F)(F)F)cc(C3CC3)cc12. The molecule has 8 heteroatoms.